The Morgan fingerprint density at radius 1 is 1.11 bits per heavy atom. The van der Waals surface area contributed by atoms with Crippen LogP contribution in [0.25, 0.3) is 11.0 Å². The molecule has 0 aliphatic rings. The third-order valence-electron chi connectivity index (χ3n) is 3.63. The summed E-state index contributed by atoms with van der Waals surface area (Å²) in [5.74, 6) is 0. The second-order valence-electron chi connectivity index (χ2n) is 5.02. The summed E-state index contributed by atoms with van der Waals surface area (Å²) in [4.78, 5) is 7.36. The second-order valence-corrected chi connectivity index (χ2v) is 6.27. The van der Waals surface area contributed by atoms with Crippen LogP contribution in [0.5, 0.6) is 0 Å². The van der Waals surface area contributed by atoms with Crippen LogP contribution in [0.15, 0.2) is 30.6 Å². The molecule has 0 aliphatic heterocycles. The van der Waals surface area contributed by atoms with E-state index in [0.29, 0.717) is 0 Å². The van der Waals surface area contributed by atoms with Gasteiger partial charge in [-0.25, -0.2) is 4.98 Å². The van der Waals surface area contributed by atoms with Crippen molar-refractivity contribution in [3.8, 4) is 0 Å². The van der Waals surface area contributed by atoms with E-state index in [4.69, 9.17) is 0 Å². The molecular formula is C16H18N2S. The number of thiophene rings is 1. The van der Waals surface area contributed by atoms with Crippen molar-refractivity contribution < 1.29 is 0 Å². The number of aryl methyl sites for hydroxylation is 3. The maximum Gasteiger partial charge on any atom is 0.0961 e. The van der Waals surface area contributed by atoms with E-state index in [9.17, 15) is 0 Å². The molecule has 0 saturated heterocycles. The van der Waals surface area contributed by atoms with Gasteiger partial charge in [0, 0.05) is 9.75 Å². The number of hydrogen-bond acceptors (Lipinski definition) is 2. The topological polar surface area (TPSA) is 17.8 Å². The minimum atomic E-state index is 0.920. The van der Waals surface area contributed by atoms with Gasteiger partial charge in [0.05, 0.1) is 23.9 Å². The summed E-state index contributed by atoms with van der Waals surface area (Å²) < 4.78 is 2.24. The fraction of sp³-hybridized carbons (Fsp3) is 0.312. The number of nitrogens with zero attached hydrogens (tertiary/aromatic N) is 2. The van der Waals surface area contributed by atoms with Crippen LogP contribution >= 0.6 is 11.3 Å². The predicted octanol–water partition coefficient (Wildman–Crippen LogP) is 4.33. The van der Waals surface area contributed by atoms with Gasteiger partial charge in [-0.2, -0.15) is 0 Å². The van der Waals surface area contributed by atoms with Crippen molar-refractivity contribution in [1.29, 1.82) is 0 Å². The summed E-state index contributed by atoms with van der Waals surface area (Å²) in [7, 11) is 0. The first-order valence-electron chi connectivity index (χ1n) is 6.67. The third kappa shape index (κ3) is 2.30. The van der Waals surface area contributed by atoms with E-state index in [1.165, 1.54) is 26.4 Å². The van der Waals surface area contributed by atoms with Gasteiger partial charge in [0.15, 0.2) is 0 Å². The van der Waals surface area contributed by atoms with Gasteiger partial charge in [-0.05, 0) is 55.7 Å². The maximum absolute atomic E-state index is 4.51. The smallest absolute Gasteiger partial charge is 0.0961 e. The lowest BCUT2D eigenvalue weighted by atomic mass is 10.1. The van der Waals surface area contributed by atoms with E-state index in [2.05, 4.69) is 54.6 Å². The van der Waals surface area contributed by atoms with Gasteiger partial charge in [-0.1, -0.05) is 6.92 Å². The van der Waals surface area contributed by atoms with E-state index >= 15 is 0 Å². The molecule has 0 amide bonds. The zero-order chi connectivity index (χ0) is 13.4. The first-order valence-corrected chi connectivity index (χ1v) is 7.48. The average molecular weight is 270 g/mol. The molecule has 0 bridgehead atoms. The van der Waals surface area contributed by atoms with Crippen molar-refractivity contribution in [2.45, 2.75) is 33.7 Å². The first-order chi connectivity index (χ1) is 9.17. The number of imidazole rings is 1. The summed E-state index contributed by atoms with van der Waals surface area (Å²) in [5.41, 5.74) is 4.96. The highest BCUT2D eigenvalue weighted by Crippen LogP contribution is 2.22. The molecule has 0 spiro atoms. The molecule has 3 rings (SSSR count). The van der Waals surface area contributed by atoms with Gasteiger partial charge in [0.1, 0.15) is 0 Å². The molecule has 0 atom stereocenters. The summed E-state index contributed by atoms with van der Waals surface area (Å²) in [6.45, 7) is 7.42. The quantitative estimate of drug-likeness (QED) is 0.693. The average Bonchev–Trinajstić information content (AvgIpc) is 2.99. The third-order valence-corrected chi connectivity index (χ3v) is 4.84. The number of hydrogen-bond donors (Lipinski definition) is 0. The standard InChI is InChI=1S/C16H18N2S/c1-4-13-5-6-14(19-13)9-18-10-17-15-7-11(2)12(3)8-16(15)18/h5-8,10H,4,9H2,1-3H3. The lowest BCUT2D eigenvalue weighted by Gasteiger charge is -2.04. The van der Waals surface area contributed by atoms with E-state index < -0.39 is 0 Å². The Labute approximate surface area is 117 Å². The Kier molecular flexibility index (Phi) is 3.15. The molecule has 2 nitrogen and oxygen atoms in total. The summed E-state index contributed by atoms with van der Waals surface area (Å²) >= 11 is 1.90. The SMILES string of the molecule is CCc1ccc(Cn2cnc3cc(C)c(C)cc32)s1. The van der Waals surface area contributed by atoms with Crippen LogP contribution < -0.4 is 0 Å². The maximum atomic E-state index is 4.51. The van der Waals surface area contributed by atoms with E-state index in [-0.39, 0.29) is 0 Å². The molecule has 0 fully saturated rings. The Morgan fingerprint density at radius 2 is 1.84 bits per heavy atom. The molecule has 0 saturated carbocycles. The summed E-state index contributed by atoms with van der Waals surface area (Å²) in [5, 5.41) is 0. The number of aromatic nitrogens is 2. The lowest BCUT2D eigenvalue weighted by molar-refractivity contribution is 0.838. The van der Waals surface area contributed by atoms with Crippen LogP contribution in [0.4, 0.5) is 0 Å². The molecule has 0 unspecified atom stereocenters. The van der Waals surface area contributed by atoms with Crippen molar-refractivity contribution in [2.75, 3.05) is 0 Å². The molecule has 0 N–H and O–H groups in total. The van der Waals surface area contributed by atoms with E-state index in [1.807, 2.05) is 17.7 Å². The molecule has 3 aromatic rings. The highest BCUT2D eigenvalue weighted by atomic mass is 32.1. The van der Waals surface area contributed by atoms with Crippen LogP contribution in [0.2, 0.25) is 0 Å². The van der Waals surface area contributed by atoms with Gasteiger partial charge in [-0.15, -0.1) is 11.3 Å². The number of rotatable bonds is 3. The van der Waals surface area contributed by atoms with Crippen LogP contribution in [0.1, 0.15) is 27.8 Å². The molecule has 2 aromatic heterocycles. The normalized spacial score (nSPS) is 11.3. The monoisotopic (exact) mass is 270 g/mol. The largest absolute Gasteiger partial charge is 0.325 e. The molecule has 2 heterocycles. The Bertz CT molecular complexity index is 722. The van der Waals surface area contributed by atoms with Crippen molar-refractivity contribution in [2.24, 2.45) is 0 Å². The highest BCUT2D eigenvalue weighted by molar-refractivity contribution is 7.11. The molecule has 98 valence electrons. The van der Waals surface area contributed by atoms with Crippen molar-refractivity contribution in [3.05, 3.63) is 51.5 Å². The Balaban J connectivity index is 1.98. The minimum Gasteiger partial charge on any atom is -0.325 e. The summed E-state index contributed by atoms with van der Waals surface area (Å²) in [6.07, 6.45) is 3.07. The fourth-order valence-electron chi connectivity index (χ4n) is 2.30. The lowest BCUT2D eigenvalue weighted by Crippen LogP contribution is -1.96. The molecular weight excluding hydrogens is 252 g/mol. The molecule has 3 heteroatoms. The minimum absolute atomic E-state index is 0.920. The van der Waals surface area contributed by atoms with Crippen molar-refractivity contribution in [1.82, 2.24) is 9.55 Å². The van der Waals surface area contributed by atoms with E-state index in [0.717, 1.165) is 18.5 Å². The predicted molar refractivity (Wildman–Crippen MR) is 82.0 cm³/mol. The van der Waals surface area contributed by atoms with Crippen LogP contribution in [0.3, 0.4) is 0 Å². The van der Waals surface area contributed by atoms with Crippen molar-refractivity contribution in [3.63, 3.8) is 0 Å². The second kappa shape index (κ2) is 4.82. The fourth-order valence-corrected chi connectivity index (χ4v) is 3.26. The van der Waals surface area contributed by atoms with Crippen LogP contribution in [0, 0.1) is 13.8 Å². The number of fused-ring (bicyclic) bond motifs is 1. The van der Waals surface area contributed by atoms with Gasteiger partial charge >= 0.3 is 0 Å². The Morgan fingerprint density at radius 3 is 2.58 bits per heavy atom. The zero-order valence-electron chi connectivity index (χ0n) is 11.6. The first kappa shape index (κ1) is 12.4. The highest BCUT2D eigenvalue weighted by Gasteiger charge is 2.06. The van der Waals surface area contributed by atoms with Gasteiger partial charge < -0.3 is 4.57 Å². The zero-order valence-corrected chi connectivity index (χ0v) is 12.4. The molecule has 1 aromatic carbocycles. The van der Waals surface area contributed by atoms with Gasteiger partial charge in [-0.3, -0.25) is 0 Å². The number of benzene rings is 1. The van der Waals surface area contributed by atoms with E-state index in [1.54, 1.807) is 0 Å². The summed E-state index contributed by atoms with van der Waals surface area (Å²) in [6, 6.07) is 8.88. The van der Waals surface area contributed by atoms with Gasteiger partial charge in [0.25, 0.3) is 0 Å². The van der Waals surface area contributed by atoms with Crippen molar-refractivity contribution >= 4 is 22.4 Å². The Hall–Kier alpha value is -1.61. The van der Waals surface area contributed by atoms with Crippen LogP contribution in [-0.4, -0.2) is 9.55 Å². The molecule has 0 aliphatic carbocycles. The van der Waals surface area contributed by atoms with Gasteiger partial charge in [0.2, 0.25) is 0 Å². The molecule has 0 radical (unpaired) electrons. The molecule has 19 heavy (non-hydrogen) atoms. The van der Waals surface area contributed by atoms with Crippen LogP contribution in [-0.2, 0) is 13.0 Å².